The largest absolute Gasteiger partial charge is 0.350 e. The molecule has 0 unspecified atom stereocenters. The second kappa shape index (κ2) is 6.24. The number of rotatable bonds is 4. The molecule has 1 aromatic heterocycles. The molecular formula is C12H15ClN2O. The lowest BCUT2D eigenvalue weighted by molar-refractivity contribution is 0.0945. The highest BCUT2D eigenvalue weighted by molar-refractivity contribution is 6.31. The lowest BCUT2D eigenvalue weighted by Crippen LogP contribution is -2.26. The fourth-order valence-electron chi connectivity index (χ4n) is 1.38. The Balaban J connectivity index is 2.60. The molecule has 16 heavy (non-hydrogen) atoms. The van der Waals surface area contributed by atoms with E-state index in [2.05, 4.69) is 17.2 Å². The van der Waals surface area contributed by atoms with Gasteiger partial charge in [-0.15, -0.1) is 11.8 Å². The number of carbonyl (C=O) groups is 1. The van der Waals surface area contributed by atoms with E-state index in [1.165, 1.54) is 0 Å². The molecule has 0 aliphatic carbocycles. The van der Waals surface area contributed by atoms with Crippen molar-refractivity contribution >= 4 is 17.5 Å². The predicted molar refractivity (Wildman–Crippen MR) is 65.5 cm³/mol. The number of hydrogen-bond acceptors (Lipinski definition) is 1. The maximum atomic E-state index is 11.8. The van der Waals surface area contributed by atoms with E-state index in [0.717, 1.165) is 6.54 Å². The Hall–Kier alpha value is -1.40. The topological polar surface area (TPSA) is 34.0 Å². The van der Waals surface area contributed by atoms with Gasteiger partial charge in [-0.3, -0.25) is 4.79 Å². The summed E-state index contributed by atoms with van der Waals surface area (Å²) < 4.78 is 1.82. The Morgan fingerprint density at radius 2 is 2.38 bits per heavy atom. The SMILES string of the molecule is CC#CCCNC(=O)c1cc(Cl)cn1CC. The van der Waals surface area contributed by atoms with E-state index in [-0.39, 0.29) is 5.91 Å². The van der Waals surface area contributed by atoms with Crippen molar-refractivity contribution in [3.63, 3.8) is 0 Å². The molecule has 0 bridgehead atoms. The molecule has 0 fully saturated rings. The third-order valence-electron chi connectivity index (χ3n) is 2.15. The first-order chi connectivity index (χ1) is 7.69. The Morgan fingerprint density at radius 1 is 1.62 bits per heavy atom. The molecule has 0 spiro atoms. The number of aromatic nitrogens is 1. The van der Waals surface area contributed by atoms with Gasteiger partial charge in [-0.2, -0.15) is 0 Å². The van der Waals surface area contributed by atoms with Crippen LogP contribution in [0.25, 0.3) is 0 Å². The van der Waals surface area contributed by atoms with Crippen LogP contribution in [0.3, 0.4) is 0 Å². The van der Waals surface area contributed by atoms with Gasteiger partial charge in [-0.1, -0.05) is 11.6 Å². The quantitative estimate of drug-likeness (QED) is 0.634. The number of amides is 1. The van der Waals surface area contributed by atoms with E-state index in [4.69, 9.17) is 11.6 Å². The van der Waals surface area contributed by atoms with Gasteiger partial charge in [0, 0.05) is 25.7 Å². The van der Waals surface area contributed by atoms with Crippen molar-refractivity contribution in [1.82, 2.24) is 9.88 Å². The fourth-order valence-corrected chi connectivity index (χ4v) is 1.60. The number of nitrogens with zero attached hydrogens (tertiary/aromatic N) is 1. The van der Waals surface area contributed by atoms with Gasteiger partial charge in [0.15, 0.2) is 0 Å². The average Bonchev–Trinajstić information content (AvgIpc) is 2.65. The molecule has 0 saturated heterocycles. The highest BCUT2D eigenvalue weighted by Crippen LogP contribution is 2.13. The standard InChI is InChI=1S/C12H15ClN2O/c1-3-5-6-7-14-12(16)11-8-10(13)9-15(11)4-2/h8-9H,4,6-7H2,1-2H3,(H,14,16). The van der Waals surface area contributed by atoms with E-state index in [1.54, 1.807) is 19.2 Å². The van der Waals surface area contributed by atoms with Crippen molar-refractivity contribution in [3.05, 3.63) is 23.0 Å². The van der Waals surface area contributed by atoms with Crippen LogP contribution in [0.1, 0.15) is 30.8 Å². The molecule has 1 amide bonds. The molecule has 0 aliphatic rings. The summed E-state index contributed by atoms with van der Waals surface area (Å²) in [6.07, 6.45) is 2.42. The zero-order valence-corrected chi connectivity index (χ0v) is 10.3. The summed E-state index contributed by atoms with van der Waals surface area (Å²) in [7, 11) is 0. The molecule has 0 aliphatic heterocycles. The minimum atomic E-state index is -0.105. The summed E-state index contributed by atoms with van der Waals surface area (Å²) in [6.45, 7) is 5.04. The third-order valence-corrected chi connectivity index (χ3v) is 2.36. The summed E-state index contributed by atoms with van der Waals surface area (Å²) in [5, 5.41) is 3.38. The molecule has 0 atom stereocenters. The van der Waals surface area contributed by atoms with Crippen LogP contribution in [0.15, 0.2) is 12.3 Å². The Labute approximate surface area is 101 Å². The summed E-state index contributed by atoms with van der Waals surface area (Å²) in [5.74, 6) is 5.57. The zero-order valence-electron chi connectivity index (χ0n) is 9.51. The van der Waals surface area contributed by atoms with Crippen LogP contribution in [0.2, 0.25) is 5.02 Å². The van der Waals surface area contributed by atoms with Gasteiger partial charge >= 0.3 is 0 Å². The Morgan fingerprint density at radius 3 is 3.00 bits per heavy atom. The van der Waals surface area contributed by atoms with Gasteiger partial charge in [0.2, 0.25) is 0 Å². The highest BCUT2D eigenvalue weighted by Gasteiger charge is 2.11. The molecule has 1 aromatic rings. The number of nitrogens with one attached hydrogen (secondary N) is 1. The van der Waals surface area contributed by atoms with Crippen LogP contribution in [0, 0.1) is 11.8 Å². The first kappa shape index (κ1) is 12.7. The van der Waals surface area contributed by atoms with Gasteiger partial charge in [0.05, 0.1) is 5.02 Å². The maximum absolute atomic E-state index is 11.8. The Bertz CT molecular complexity index is 426. The highest BCUT2D eigenvalue weighted by atomic mass is 35.5. The number of halogens is 1. The molecule has 0 saturated carbocycles. The summed E-state index contributed by atoms with van der Waals surface area (Å²) in [4.78, 5) is 11.8. The van der Waals surface area contributed by atoms with Crippen molar-refractivity contribution in [2.75, 3.05) is 6.54 Å². The minimum absolute atomic E-state index is 0.105. The molecule has 0 aromatic carbocycles. The summed E-state index contributed by atoms with van der Waals surface area (Å²) in [5.41, 5.74) is 0.594. The normalized spacial score (nSPS) is 9.44. The smallest absolute Gasteiger partial charge is 0.267 e. The zero-order chi connectivity index (χ0) is 12.0. The van der Waals surface area contributed by atoms with E-state index >= 15 is 0 Å². The first-order valence-electron chi connectivity index (χ1n) is 5.22. The lowest BCUT2D eigenvalue weighted by Gasteiger charge is -2.05. The second-order valence-electron chi connectivity index (χ2n) is 3.26. The molecule has 86 valence electrons. The van der Waals surface area contributed by atoms with Gasteiger partial charge in [0.25, 0.3) is 5.91 Å². The van der Waals surface area contributed by atoms with Gasteiger partial charge in [0.1, 0.15) is 5.69 Å². The average molecular weight is 239 g/mol. The van der Waals surface area contributed by atoms with Crippen molar-refractivity contribution in [2.45, 2.75) is 26.8 Å². The fraction of sp³-hybridized carbons (Fsp3) is 0.417. The number of aryl methyl sites for hydroxylation is 1. The number of carbonyl (C=O) groups excluding carboxylic acids is 1. The van der Waals surface area contributed by atoms with Crippen LogP contribution >= 0.6 is 11.6 Å². The molecule has 0 radical (unpaired) electrons. The minimum Gasteiger partial charge on any atom is -0.350 e. The third kappa shape index (κ3) is 3.32. The predicted octanol–water partition coefficient (Wildman–Crippen LogP) is 2.30. The monoisotopic (exact) mass is 238 g/mol. The van der Waals surface area contributed by atoms with Crippen LogP contribution in [0.4, 0.5) is 0 Å². The lowest BCUT2D eigenvalue weighted by atomic mass is 10.3. The summed E-state index contributed by atoms with van der Waals surface area (Å²) in [6, 6.07) is 1.67. The molecule has 1 rings (SSSR count). The Kier molecular flexibility index (Phi) is 4.94. The second-order valence-corrected chi connectivity index (χ2v) is 3.70. The van der Waals surface area contributed by atoms with Gasteiger partial charge < -0.3 is 9.88 Å². The maximum Gasteiger partial charge on any atom is 0.267 e. The van der Waals surface area contributed by atoms with Gasteiger partial charge in [-0.25, -0.2) is 0 Å². The van der Waals surface area contributed by atoms with Crippen molar-refractivity contribution in [2.24, 2.45) is 0 Å². The first-order valence-corrected chi connectivity index (χ1v) is 5.60. The van der Waals surface area contributed by atoms with Crippen molar-refractivity contribution < 1.29 is 4.79 Å². The van der Waals surface area contributed by atoms with E-state index in [1.807, 2.05) is 11.5 Å². The molecule has 3 nitrogen and oxygen atoms in total. The molecule has 1 N–H and O–H groups in total. The van der Waals surface area contributed by atoms with E-state index < -0.39 is 0 Å². The van der Waals surface area contributed by atoms with Crippen molar-refractivity contribution in [3.8, 4) is 11.8 Å². The number of hydrogen-bond donors (Lipinski definition) is 1. The van der Waals surface area contributed by atoms with Crippen molar-refractivity contribution in [1.29, 1.82) is 0 Å². The summed E-state index contributed by atoms with van der Waals surface area (Å²) >= 11 is 5.85. The van der Waals surface area contributed by atoms with E-state index in [9.17, 15) is 4.79 Å². The van der Waals surface area contributed by atoms with E-state index in [0.29, 0.717) is 23.7 Å². The molecular weight excluding hydrogens is 224 g/mol. The van der Waals surface area contributed by atoms with Gasteiger partial charge in [-0.05, 0) is 19.9 Å². The van der Waals surface area contributed by atoms with Crippen LogP contribution < -0.4 is 5.32 Å². The van der Waals surface area contributed by atoms with Crippen LogP contribution in [-0.4, -0.2) is 17.0 Å². The van der Waals surface area contributed by atoms with Crippen LogP contribution in [0.5, 0.6) is 0 Å². The van der Waals surface area contributed by atoms with Crippen LogP contribution in [-0.2, 0) is 6.54 Å². The molecule has 1 heterocycles. The molecule has 4 heteroatoms.